The smallest absolute Gasteiger partial charge is 0.196 e. The van der Waals surface area contributed by atoms with Gasteiger partial charge in [0.1, 0.15) is 5.75 Å². The number of allylic oxidation sites excluding steroid dienone is 2. The molecule has 1 aromatic heterocycles. The maximum absolute atomic E-state index is 6.33. The molecule has 1 atom stereocenters. The van der Waals surface area contributed by atoms with Gasteiger partial charge < -0.3 is 15.4 Å². The summed E-state index contributed by atoms with van der Waals surface area (Å²) in [4.78, 5) is 5.11. The summed E-state index contributed by atoms with van der Waals surface area (Å²) >= 11 is 0. The van der Waals surface area contributed by atoms with E-state index in [4.69, 9.17) is 9.72 Å². The average Bonchev–Trinajstić information content (AvgIpc) is 3.38. The molecule has 4 heteroatoms. The minimum absolute atomic E-state index is 0.211. The van der Waals surface area contributed by atoms with Crippen molar-refractivity contribution < 1.29 is 4.74 Å². The number of hydrogen-bond donors (Lipinski definition) is 2. The summed E-state index contributed by atoms with van der Waals surface area (Å²) in [5.41, 5.74) is 7.48. The Balaban J connectivity index is 1.39. The lowest BCUT2D eigenvalue weighted by Gasteiger charge is -2.15. The van der Waals surface area contributed by atoms with Gasteiger partial charge in [0.2, 0.25) is 0 Å². The highest BCUT2D eigenvalue weighted by Crippen LogP contribution is 2.46. The molecule has 0 fully saturated rings. The molecule has 35 heavy (non-hydrogen) atoms. The lowest BCUT2D eigenvalue weighted by molar-refractivity contribution is 0.260. The van der Waals surface area contributed by atoms with Crippen molar-refractivity contribution in [2.75, 3.05) is 11.9 Å². The van der Waals surface area contributed by atoms with Crippen molar-refractivity contribution in [3.05, 3.63) is 120 Å². The van der Waals surface area contributed by atoms with E-state index in [-0.39, 0.29) is 6.23 Å². The first-order valence-electron chi connectivity index (χ1n) is 11.9. The van der Waals surface area contributed by atoms with Crippen LogP contribution in [-0.2, 0) is 0 Å². The number of pyridine rings is 1. The van der Waals surface area contributed by atoms with Crippen LogP contribution in [0, 0.1) is 0 Å². The molecule has 3 heterocycles. The van der Waals surface area contributed by atoms with E-state index in [1.54, 1.807) is 0 Å². The number of benzene rings is 4. The van der Waals surface area contributed by atoms with Gasteiger partial charge in [0.05, 0.1) is 16.9 Å². The molecular formula is C31H23N3O. The Labute approximate surface area is 203 Å². The Kier molecular flexibility index (Phi) is 4.56. The van der Waals surface area contributed by atoms with Crippen molar-refractivity contribution in [2.45, 2.75) is 6.23 Å². The van der Waals surface area contributed by atoms with Crippen LogP contribution in [0.25, 0.3) is 38.6 Å². The standard InChI is InChI=1S/C31H23N3O/c1-2-8-22(9-3-1)31-34-30-27(35-31)18-17-24-28(30)23-10-4-5-12-26(23)33-29(24)21-15-13-20(14-16-21)25-11-6-7-19-32-25/h1-18,31-32,34H,19H2. The Bertz CT molecular complexity index is 1640. The molecule has 2 aliphatic heterocycles. The van der Waals surface area contributed by atoms with E-state index in [1.807, 2.05) is 24.3 Å². The van der Waals surface area contributed by atoms with E-state index >= 15 is 0 Å². The number of anilines is 1. The second kappa shape index (κ2) is 8.03. The molecule has 7 rings (SSSR count). The van der Waals surface area contributed by atoms with Gasteiger partial charge in [-0.05, 0) is 29.8 Å². The van der Waals surface area contributed by atoms with E-state index in [0.717, 1.165) is 62.2 Å². The zero-order valence-corrected chi connectivity index (χ0v) is 19.0. The zero-order chi connectivity index (χ0) is 23.2. The third-order valence-electron chi connectivity index (χ3n) is 6.73. The van der Waals surface area contributed by atoms with E-state index < -0.39 is 0 Å². The number of rotatable bonds is 3. The Morgan fingerprint density at radius 3 is 2.40 bits per heavy atom. The topological polar surface area (TPSA) is 46.2 Å². The lowest BCUT2D eigenvalue weighted by atomic mass is 9.97. The summed E-state index contributed by atoms with van der Waals surface area (Å²) in [6.07, 6.45) is 6.11. The van der Waals surface area contributed by atoms with Crippen LogP contribution in [0.2, 0.25) is 0 Å². The Hall–Kier alpha value is -4.57. The summed E-state index contributed by atoms with van der Waals surface area (Å²) < 4.78 is 6.33. The number of hydrogen-bond acceptors (Lipinski definition) is 4. The quantitative estimate of drug-likeness (QED) is 0.287. The lowest BCUT2D eigenvalue weighted by Crippen LogP contribution is -2.14. The number of para-hydroxylation sites is 1. The summed E-state index contributed by atoms with van der Waals surface area (Å²) in [5, 5.41) is 10.4. The van der Waals surface area contributed by atoms with Gasteiger partial charge in [-0.3, -0.25) is 0 Å². The highest BCUT2D eigenvalue weighted by Gasteiger charge is 2.27. The molecule has 168 valence electrons. The fourth-order valence-electron chi connectivity index (χ4n) is 5.02. The zero-order valence-electron chi connectivity index (χ0n) is 19.0. The highest BCUT2D eigenvalue weighted by molar-refractivity contribution is 6.17. The van der Waals surface area contributed by atoms with E-state index in [0.29, 0.717) is 0 Å². The number of ether oxygens (including phenoxy) is 1. The molecule has 0 aliphatic carbocycles. The van der Waals surface area contributed by atoms with Crippen molar-refractivity contribution in [2.24, 2.45) is 0 Å². The third kappa shape index (κ3) is 3.34. The summed E-state index contributed by atoms with van der Waals surface area (Å²) in [6.45, 7) is 0.856. The molecule has 5 aromatic rings. The highest BCUT2D eigenvalue weighted by atomic mass is 16.5. The molecular weight excluding hydrogens is 430 g/mol. The first kappa shape index (κ1) is 19.9. The number of aromatic nitrogens is 1. The summed E-state index contributed by atoms with van der Waals surface area (Å²) in [6, 6.07) is 31.5. The van der Waals surface area contributed by atoms with Gasteiger partial charge in [0, 0.05) is 39.5 Å². The molecule has 0 saturated heterocycles. The molecule has 0 amide bonds. The molecule has 0 radical (unpaired) electrons. The largest absolute Gasteiger partial charge is 0.464 e. The van der Waals surface area contributed by atoms with Crippen LogP contribution in [0.5, 0.6) is 5.75 Å². The first-order chi connectivity index (χ1) is 17.3. The van der Waals surface area contributed by atoms with Crippen molar-refractivity contribution in [3.63, 3.8) is 0 Å². The Morgan fingerprint density at radius 2 is 1.57 bits per heavy atom. The molecule has 1 unspecified atom stereocenters. The SMILES string of the molecule is C1=CCNC(c2ccc(-c3nc4ccccc4c4c5c(ccc34)OC(c3ccccc3)N5)cc2)=C1. The normalized spacial score (nSPS) is 16.3. The van der Waals surface area contributed by atoms with Crippen molar-refractivity contribution >= 4 is 33.1 Å². The first-order valence-corrected chi connectivity index (χ1v) is 11.9. The molecule has 0 spiro atoms. The van der Waals surface area contributed by atoms with Gasteiger partial charge in [-0.15, -0.1) is 0 Å². The minimum Gasteiger partial charge on any atom is -0.464 e. The van der Waals surface area contributed by atoms with Crippen LogP contribution in [0.15, 0.2) is 109 Å². The Morgan fingerprint density at radius 1 is 0.771 bits per heavy atom. The summed E-state index contributed by atoms with van der Waals surface area (Å²) in [7, 11) is 0. The van der Waals surface area contributed by atoms with Crippen LogP contribution in [0.3, 0.4) is 0 Å². The number of nitrogens with one attached hydrogen (secondary N) is 2. The number of nitrogens with zero attached hydrogens (tertiary/aromatic N) is 1. The van der Waals surface area contributed by atoms with Crippen LogP contribution in [0.4, 0.5) is 5.69 Å². The second-order valence-electron chi connectivity index (χ2n) is 8.86. The van der Waals surface area contributed by atoms with Gasteiger partial charge in [-0.2, -0.15) is 0 Å². The van der Waals surface area contributed by atoms with Crippen LogP contribution in [-0.4, -0.2) is 11.5 Å². The van der Waals surface area contributed by atoms with Crippen LogP contribution >= 0.6 is 0 Å². The van der Waals surface area contributed by atoms with Crippen LogP contribution < -0.4 is 15.4 Å². The average molecular weight is 454 g/mol. The van der Waals surface area contributed by atoms with Gasteiger partial charge in [0.15, 0.2) is 6.23 Å². The van der Waals surface area contributed by atoms with E-state index in [2.05, 4.69) is 95.6 Å². The molecule has 4 aromatic carbocycles. The predicted molar refractivity (Wildman–Crippen MR) is 143 cm³/mol. The van der Waals surface area contributed by atoms with E-state index in [9.17, 15) is 0 Å². The van der Waals surface area contributed by atoms with Gasteiger partial charge in [0.25, 0.3) is 0 Å². The monoisotopic (exact) mass is 453 g/mol. The molecule has 0 saturated carbocycles. The second-order valence-corrected chi connectivity index (χ2v) is 8.86. The van der Waals surface area contributed by atoms with Crippen molar-refractivity contribution in [1.29, 1.82) is 0 Å². The molecule has 2 N–H and O–H groups in total. The minimum atomic E-state index is -0.211. The summed E-state index contributed by atoms with van der Waals surface area (Å²) in [5.74, 6) is 0.868. The molecule has 2 aliphatic rings. The van der Waals surface area contributed by atoms with Crippen molar-refractivity contribution in [3.8, 4) is 17.0 Å². The number of dihydropyridines is 1. The molecule has 0 bridgehead atoms. The van der Waals surface area contributed by atoms with Gasteiger partial charge in [-0.25, -0.2) is 4.98 Å². The van der Waals surface area contributed by atoms with Gasteiger partial charge in [-0.1, -0.05) is 84.9 Å². The van der Waals surface area contributed by atoms with Gasteiger partial charge >= 0.3 is 0 Å². The van der Waals surface area contributed by atoms with Crippen LogP contribution in [0.1, 0.15) is 17.4 Å². The third-order valence-corrected chi connectivity index (χ3v) is 6.73. The van der Waals surface area contributed by atoms with E-state index in [1.165, 1.54) is 5.56 Å². The fourth-order valence-corrected chi connectivity index (χ4v) is 5.02. The number of fused-ring (bicyclic) bond motifs is 5. The predicted octanol–water partition coefficient (Wildman–Crippen LogP) is 7.06. The fraction of sp³-hybridized carbons (Fsp3) is 0.0645. The molecule has 4 nitrogen and oxygen atoms in total. The maximum Gasteiger partial charge on any atom is 0.196 e. The maximum atomic E-state index is 6.33. The van der Waals surface area contributed by atoms with Crippen molar-refractivity contribution in [1.82, 2.24) is 10.3 Å².